The maximum absolute atomic E-state index is 14.2. The van der Waals surface area contributed by atoms with Crippen molar-refractivity contribution >= 4 is 13.4 Å². The van der Waals surface area contributed by atoms with E-state index in [-0.39, 0.29) is 17.4 Å². The Morgan fingerprint density at radius 3 is 1.60 bits per heavy atom. The van der Waals surface area contributed by atoms with E-state index in [0.29, 0.717) is 32.5 Å². The quantitative estimate of drug-likeness (QED) is 0.191. The van der Waals surface area contributed by atoms with Crippen molar-refractivity contribution < 1.29 is 13.9 Å². The van der Waals surface area contributed by atoms with Gasteiger partial charge in [0.2, 0.25) is 5.91 Å². The van der Waals surface area contributed by atoms with Gasteiger partial charge in [-0.1, -0.05) is 112 Å². The highest BCUT2D eigenvalue weighted by Crippen LogP contribution is 2.62. The van der Waals surface area contributed by atoms with Gasteiger partial charge in [0.25, 0.3) is 7.52 Å². The largest absolute Gasteiger partial charge is 0.353 e. The predicted molar refractivity (Wildman–Crippen MR) is 174 cm³/mol. The normalized spacial score (nSPS) is 17.0. The summed E-state index contributed by atoms with van der Waals surface area (Å²) in [6.07, 6.45) is 2.56. The maximum atomic E-state index is 14.2. The minimum absolute atomic E-state index is 0.0589. The lowest BCUT2D eigenvalue weighted by Crippen LogP contribution is -2.46. The number of rotatable bonds is 10. The zero-order chi connectivity index (χ0) is 30.4. The Bertz CT molecular complexity index is 1230. The first-order chi connectivity index (χ1) is 19.8. The van der Waals surface area contributed by atoms with Crippen LogP contribution in [0.5, 0.6) is 0 Å². The number of piperidine rings is 1. The molecule has 1 unspecified atom stereocenters. The van der Waals surface area contributed by atoms with Gasteiger partial charge in [0.1, 0.15) is 0 Å². The fourth-order valence-electron chi connectivity index (χ4n) is 5.96. The van der Waals surface area contributed by atoms with E-state index in [1.165, 1.54) is 16.7 Å². The lowest BCUT2D eigenvalue weighted by Gasteiger charge is -2.43. The van der Waals surface area contributed by atoms with E-state index in [9.17, 15) is 9.36 Å². The lowest BCUT2D eigenvalue weighted by atomic mass is 9.66. The van der Waals surface area contributed by atoms with Crippen LogP contribution < -0.4 is 5.32 Å². The van der Waals surface area contributed by atoms with Gasteiger partial charge in [-0.2, -0.15) is 0 Å². The van der Waals surface area contributed by atoms with Crippen molar-refractivity contribution in [3.8, 4) is 0 Å². The molecule has 1 amide bonds. The third kappa shape index (κ3) is 7.43. The van der Waals surface area contributed by atoms with Gasteiger partial charge in [-0.3, -0.25) is 9.36 Å². The van der Waals surface area contributed by atoms with Crippen LogP contribution in [-0.2, 0) is 19.3 Å². The summed E-state index contributed by atoms with van der Waals surface area (Å²) in [6, 6.07) is 31.6. The molecule has 6 heteroatoms. The summed E-state index contributed by atoms with van der Waals surface area (Å²) >= 11 is 0. The van der Waals surface area contributed by atoms with Gasteiger partial charge in [0.05, 0.1) is 11.8 Å². The molecule has 0 radical (unpaired) electrons. The molecule has 0 aliphatic carbocycles. The van der Waals surface area contributed by atoms with E-state index in [4.69, 9.17) is 4.52 Å². The molecule has 1 aliphatic heterocycles. The highest BCUT2D eigenvalue weighted by molar-refractivity contribution is 7.58. The highest BCUT2D eigenvalue weighted by atomic mass is 31.2. The van der Waals surface area contributed by atoms with Crippen molar-refractivity contribution in [3.63, 3.8) is 0 Å². The molecule has 226 valence electrons. The second-order valence-electron chi connectivity index (χ2n) is 13.8. The minimum Gasteiger partial charge on any atom is -0.353 e. The average molecular weight is 589 g/mol. The average Bonchev–Trinajstić information content (AvgIpc) is 2.97. The van der Waals surface area contributed by atoms with E-state index in [1.54, 1.807) is 0 Å². The molecule has 1 aliphatic rings. The van der Waals surface area contributed by atoms with Crippen LogP contribution in [0, 0.1) is 5.41 Å². The SMILES string of the molecule is CC(C)(C)COP(=O)(N1CCC(NC(=O)CCC(c2ccccc2)(c2ccccc2)c2ccccc2)CC1)C(C)(C)C. The lowest BCUT2D eigenvalue weighted by molar-refractivity contribution is -0.122. The van der Waals surface area contributed by atoms with Crippen molar-refractivity contribution in [2.75, 3.05) is 19.7 Å². The summed E-state index contributed by atoms with van der Waals surface area (Å²) in [6.45, 7) is 14.0. The number of carbonyl (C=O) groups is 1. The first-order valence-corrected chi connectivity index (χ1v) is 16.9. The molecule has 42 heavy (non-hydrogen) atoms. The van der Waals surface area contributed by atoms with Gasteiger partial charge in [0.15, 0.2) is 0 Å². The van der Waals surface area contributed by atoms with Gasteiger partial charge in [-0.15, -0.1) is 0 Å². The fraction of sp³-hybridized carbons (Fsp3) is 0.472. The van der Waals surface area contributed by atoms with Crippen molar-refractivity contribution in [3.05, 3.63) is 108 Å². The number of nitrogens with zero attached hydrogens (tertiary/aromatic N) is 1. The Hall–Kier alpha value is -2.72. The second kappa shape index (κ2) is 13.3. The Balaban J connectivity index is 1.47. The topological polar surface area (TPSA) is 58.6 Å². The van der Waals surface area contributed by atoms with Gasteiger partial charge in [-0.25, -0.2) is 4.67 Å². The molecule has 4 rings (SSSR count). The number of nitrogens with one attached hydrogen (secondary N) is 1. The minimum atomic E-state index is -3.05. The molecule has 1 N–H and O–H groups in total. The van der Waals surface area contributed by atoms with Crippen LogP contribution in [0.2, 0.25) is 0 Å². The molecule has 0 saturated carbocycles. The molecule has 0 bridgehead atoms. The van der Waals surface area contributed by atoms with Crippen LogP contribution >= 0.6 is 7.52 Å². The number of benzene rings is 3. The van der Waals surface area contributed by atoms with Crippen molar-refractivity contribution in [2.45, 2.75) is 83.8 Å². The summed E-state index contributed by atoms with van der Waals surface area (Å²) < 4.78 is 22.5. The Labute approximate surface area is 253 Å². The summed E-state index contributed by atoms with van der Waals surface area (Å²) in [4.78, 5) is 13.5. The summed E-state index contributed by atoms with van der Waals surface area (Å²) in [7, 11) is -3.05. The standard InChI is InChI=1S/C36H49N2O3P/c1-34(2,3)28-41-42(40,35(4,5)6)38-26-23-32(24-27-38)37-33(39)22-25-36(29-16-10-7-11-17-29,30-18-12-8-13-19-30)31-20-14-9-15-21-31/h7-21,32H,22-28H2,1-6H3,(H,37,39). The number of hydrogen-bond donors (Lipinski definition) is 1. The van der Waals surface area contributed by atoms with Crippen LogP contribution in [-0.4, -0.2) is 41.5 Å². The Kier molecular flexibility index (Phi) is 10.2. The van der Waals surface area contributed by atoms with E-state index >= 15 is 0 Å². The molecule has 3 aromatic carbocycles. The third-order valence-electron chi connectivity index (χ3n) is 8.26. The van der Waals surface area contributed by atoms with Crippen molar-refractivity contribution in [1.29, 1.82) is 0 Å². The monoisotopic (exact) mass is 588 g/mol. The molecule has 3 aromatic rings. The van der Waals surface area contributed by atoms with Crippen LogP contribution in [0.15, 0.2) is 91.0 Å². The smallest absolute Gasteiger partial charge is 0.277 e. The third-order valence-corrected chi connectivity index (χ3v) is 11.6. The molecule has 5 nitrogen and oxygen atoms in total. The Morgan fingerprint density at radius 1 is 0.786 bits per heavy atom. The second-order valence-corrected chi connectivity index (χ2v) is 17.0. The number of carbonyl (C=O) groups excluding carboxylic acids is 1. The fourth-order valence-corrected chi connectivity index (χ4v) is 8.68. The van der Waals surface area contributed by atoms with Gasteiger partial charge in [-0.05, 0) is 62.1 Å². The van der Waals surface area contributed by atoms with Crippen LogP contribution in [0.4, 0.5) is 0 Å². The molecule has 0 aromatic heterocycles. The first-order valence-electron chi connectivity index (χ1n) is 15.3. The predicted octanol–water partition coefficient (Wildman–Crippen LogP) is 8.44. The summed E-state index contributed by atoms with van der Waals surface area (Å²) in [5, 5.41) is 2.83. The molecule has 1 heterocycles. The molecular weight excluding hydrogens is 539 g/mol. The molecule has 0 spiro atoms. The molecule has 1 saturated heterocycles. The van der Waals surface area contributed by atoms with Gasteiger partial charge >= 0.3 is 0 Å². The van der Waals surface area contributed by atoms with E-state index < -0.39 is 18.1 Å². The first kappa shape index (κ1) is 32.2. The number of amides is 1. The molecular formula is C36H49N2O3P. The molecule has 1 fully saturated rings. The highest BCUT2D eigenvalue weighted by Gasteiger charge is 2.45. The van der Waals surface area contributed by atoms with Gasteiger partial charge < -0.3 is 9.84 Å². The van der Waals surface area contributed by atoms with E-state index in [2.05, 4.69) is 98.9 Å². The van der Waals surface area contributed by atoms with Crippen LogP contribution in [0.3, 0.4) is 0 Å². The number of hydrogen-bond acceptors (Lipinski definition) is 3. The summed E-state index contributed by atoms with van der Waals surface area (Å²) in [5.41, 5.74) is 3.01. The summed E-state index contributed by atoms with van der Waals surface area (Å²) in [5.74, 6) is 0.0589. The van der Waals surface area contributed by atoms with Crippen molar-refractivity contribution in [2.24, 2.45) is 5.41 Å². The van der Waals surface area contributed by atoms with Crippen molar-refractivity contribution in [1.82, 2.24) is 9.99 Å². The zero-order valence-corrected chi connectivity index (χ0v) is 27.2. The van der Waals surface area contributed by atoms with E-state index in [1.807, 2.05) is 43.6 Å². The Morgan fingerprint density at radius 2 is 1.21 bits per heavy atom. The van der Waals surface area contributed by atoms with E-state index in [0.717, 1.165) is 12.8 Å². The zero-order valence-electron chi connectivity index (χ0n) is 26.3. The van der Waals surface area contributed by atoms with Crippen LogP contribution in [0.1, 0.15) is 83.9 Å². The van der Waals surface area contributed by atoms with Gasteiger partial charge in [0, 0.05) is 31.0 Å². The van der Waals surface area contributed by atoms with Crippen LogP contribution in [0.25, 0.3) is 0 Å². The molecule has 1 atom stereocenters. The maximum Gasteiger partial charge on any atom is 0.277 e.